The van der Waals surface area contributed by atoms with Crippen molar-refractivity contribution in [2.75, 3.05) is 11.6 Å². The van der Waals surface area contributed by atoms with E-state index in [0.717, 1.165) is 6.07 Å². The highest BCUT2D eigenvalue weighted by Crippen LogP contribution is 2.45. The average molecular weight is 226 g/mol. The van der Waals surface area contributed by atoms with E-state index in [4.69, 9.17) is 0 Å². The molecule has 0 fully saturated rings. The first-order chi connectivity index (χ1) is 7.19. The number of halogens is 1. The molecule has 6 heteroatoms. The third kappa shape index (κ3) is 1.41. The molecule has 0 saturated carbocycles. The lowest BCUT2D eigenvalue weighted by Crippen LogP contribution is -2.08. The van der Waals surface area contributed by atoms with Gasteiger partial charge in [0.1, 0.15) is 16.8 Å². The monoisotopic (exact) mass is 226 g/mol. The maximum Gasteiger partial charge on any atom is 0.242 e. The van der Waals surface area contributed by atoms with E-state index >= 15 is 0 Å². The second kappa shape index (κ2) is 3.62. The molecule has 1 atom stereocenters. The maximum atomic E-state index is 13.3. The molecule has 78 valence electrons. The lowest BCUT2D eigenvalue weighted by atomic mass is 10.1. The molecule has 0 radical (unpaired) electrons. The van der Waals surface area contributed by atoms with Crippen LogP contribution in [0.15, 0.2) is 17.3 Å². The lowest BCUT2D eigenvalue weighted by Gasteiger charge is -2.05. The number of rotatable bonds is 2. The number of anilines is 1. The molecule has 0 aliphatic carbocycles. The highest BCUT2D eigenvalue weighted by molar-refractivity contribution is 7.99. The van der Waals surface area contributed by atoms with Crippen LogP contribution in [0, 0.1) is 10.7 Å². The smallest absolute Gasteiger partial charge is 0.242 e. The summed E-state index contributed by atoms with van der Waals surface area (Å²) in [5.41, 5.74) is 0.544. The van der Waals surface area contributed by atoms with Crippen LogP contribution in [0.25, 0.3) is 0 Å². The van der Waals surface area contributed by atoms with Crippen LogP contribution in [0.5, 0.6) is 0 Å². The number of thioether (sulfide) groups is 1. The Balaban J connectivity index is 2.66. The van der Waals surface area contributed by atoms with E-state index in [9.17, 15) is 14.1 Å². The van der Waals surface area contributed by atoms with E-state index in [-0.39, 0.29) is 17.3 Å². The van der Waals surface area contributed by atoms with Gasteiger partial charge in [0.2, 0.25) is 5.91 Å². The van der Waals surface area contributed by atoms with Crippen LogP contribution in [-0.4, -0.2) is 12.2 Å². The van der Waals surface area contributed by atoms with Crippen molar-refractivity contribution in [3.05, 3.63) is 28.4 Å². The molecule has 1 aromatic carbocycles. The fourth-order valence-corrected chi connectivity index (χ4v) is 2.35. The summed E-state index contributed by atoms with van der Waals surface area (Å²) < 4.78 is 13.3. The summed E-state index contributed by atoms with van der Waals surface area (Å²) in [7, 11) is 0. The summed E-state index contributed by atoms with van der Waals surface area (Å²) in [5.74, 6) is -0.852. The molecule has 1 aliphatic heterocycles. The number of fused-ring (bicyclic) bond motifs is 1. The van der Waals surface area contributed by atoms with Crippen LogP contribution < -0.4 is 5.32 Å². The number of nitroso groups, excluding NO2 is 1. The molecule has 1 aliphatic rings. The van der Waals surface area contributed by atoms with Gasteiger partial charge in [0, 0.05) is 5.56 Å². The number of nitrogens with zero attached hydrogens (tertiary/aromatic N) is 1. The van der Waals surface area contributed by atoms with Gasteiger partial charge in [-0.05, 0) is 23.6 Å². The molecule has 0 aromatic heterocycles. The van der Waals surface area contributed by atoms with Crippen molar-refractivity contribution >= 4 is 29.0 Å². The Hall–Kier alpha value is -1.43. The number of nitrogens with one attached hydrogen (secondary N) is 1. The van der Waals surface area contributed by atoms with E-state index in [1.807, 2.05) is 0 Å². The number of hydrogen-bond acceptors (Lipinski definition) is 4. The second-order valence-corrected chi connectivity index (χ2v) is 3.99. The quantitative estimate of drug-likeness (QED) is 0.788. The van der Waals surface area contributed by atoms with Gasteiger partial charge in [-0.1, -0.05) is 0 Å². The van der Waals surface area contributed by atoms with Crippen LogP contribution in [0.2, 0.25) is 0 Å². The third-order valence-corrected chi connectivity index (χ3v) is 3.18. The number of amides is 1. The van der Waals surface area contributed by atoms with Crippen LogP contribution >= 0.6 is 11.8 Å². The maximum absolute atomic E-state index is 13.3. The minimum absolute atomic E-state index is 0.0800. The molecule has 1 unspecified atom stereocenters. The molecule has 1 heterocycles. The second-order valence-electron chi connectivity index (χ2n) is 3.05. The molecule has 1 N–H and O–H groups in total. The van der Waals surface area contributed by atoms with Gasteiger partial charge in [-0.15, -0.1) is 16.7 Å². The van der Waals surface area contributed by atoms with Crippen LogP contribution in [0.4, 0.5) is 15.8 Å². The third-order valence-electron chi connectivity index (χ3n) is 2.25. The van der Waals surface area contributed by atoms with Crippen molar-refractivity contribution < 1.29 is 9.18 Å². The van der Waals surface area contributed by atoms with E-state index < -0.39 is 11.1 Å². The molecular weight excluding hydrogens is 219 g/mol. The molecule has 0 saturated heterocycles. The van der Waals surface area contributed by atoms with Crippen molar-refractivity contribution in [2.24, 2.45) is 5.18 Å². The zero-order valence-electron chi connectivity index (χ0n) is 7.78. The van der Waals surface area contributed by atoms with Crippen molar-refractivity contribution in [2.45, 2.75) is 5.25 Å². The van der Waals surface area contributed by atoms with Gasteiger partial charge in [-0.25, -0.2) is 4.39 Å². The molecule has 15 heavy (non-hydrogen) atoms. The molecule has 0 bridgehead atoms. The molecular formula is C9H7FN2O2S. The largest absolute Gasteiger partial charge is 0.322 e. The first kappa shape index (κ1) is 10.1. The van der Waals surface area contributed by atoms with Crippen molar-refractivity contribution in [3.8, 4) is 0 Å². The number of carbonyl (C=O) groups excluding carboxylic acids is 1. The van der Waals surface area contributed by atoms with Gasteiger partial charge in [-0.2, -0.15) is 0 Å². The highest BCUT2D eigenvalue weighted by atomic mass is 32.2. The van der Waals surface area contributed by atoms with Gasteiger partial charge in [0.05, 0.1) is 5.69 Å². The number of benzene rings is 1. The van der Waals surface area contributed by atoms with Gasteiger partial charge in [0.25, 0.3) is 0 Å². The van der Waals surface area contributed by atoms with E-state index in [1.165, 1.54) is 17.8 Å². The summed E-state index contributed by atoms with van der Waals surface area (Å²) >= 11 is 1.24. The topological polar surface area (TPSA) is 58.5 Å². The Morgan fingerprint density at radius 1 is 1.53 bits per heavy atom. The molecule has 0 spiro atoms. The Morgan fingerprint density at radius 3 is 2.87 bits per heavy atom. The van der Waals surface area contributed by atoms with Crippen molar-refractivity contribution in [3.63, 3.8) is 0 Å². The first-order valence-electron chi connectivity index (χ1n) is 4.18. The fraction of sp³-hybridized carbons (Fsp3) is 0.222. The van der Waals surface area contributed by atoms with Crippen LogP contribution in [-0.2, 0) is 4.79 Å². The summed E-state index contributed by atoms with van der Waals surface area (Å²) in [6.45, 7) is 0. The van der Waals surface area contributed by atoms with Gasteiger partial charge in [0.15, 0.2) is 0 Å². The standard InChI is InChI=1S/C9H7FN2O2S/c1-15-8-6-5(12-14)3-2-4(10)7(6)11-9(8)13/h2-3,8H,1H3,(H,11,13). The average Bonchev–Trinajstić information content (AvgIpc) is 2.56. The zero-order valence-corrected chi connectivity index (χ0v) is 8.60. The Bertz CT molecular complexity index is 450. The Kier molecular flexibility index (Phi) is 2.44. The van der Waals surface area contributed by atoms with Crippen LogP contribution in [0.3, 0.4) is 0 Å². The van der Waals surface area contributed by atoms with E-state index in [0.29, 0.717) is 5.56 Å². The fourth-order valence-electron chi connectivity index (χ4n) is 1.60. The van der Waals surface area contributed by atoms with Crippen molar-refractivity contribution in [1.82, 2.24) is 0 Å². The molecule has 2 rings (SSSR count). The van der Waals surface area contributed by atoms with Gasteiger partial charge in [-0.3, -0.25) is 4.79 Å². The predicted octanol–water partition coefficient (Wildman–Crippen LogP) is 2.58. The lowest BCUT2D eigenvalue weighted by molar-refractivity contribution is -0.115. The molecule has 1 aromatic rings. The summed E-state index contributed by atoms with van der Waals surface area (Å²) in [6.07, 6.45) is 1.72. The molecule has 1 amide bonds. The zero-order chi connectivity index (χ0) is 11.0. The van der Waals surface area contributed by atoms with Gasteiger partial charge >= 0.3 is 0 Å². The van der Waals surface area contributed by atoms with Crippen molar-refractivity contribution in [1.29, 1.82) is 0 Å². The summed E-state index contributed by atoms with van der Waals surface area (Å²) in [5, 5.41) is 4.65. The summed E-state index contributed by atoms with van der Waals surface area (Å²) in [6, 6.07) is 2.41. The minimum atomic E-state index is -0.552. The van der Waals surface area contributed by atoms with Crippen LogP contribution in [0.1, 0.15) is 10.8 Å². The van der Waals surface area contributed by atoms with E-state index in [1.54, 1.807) is 6.26 Å². The predicted molar refractivity (Wildman–Crippen MR) is 56.7 cm³/mol. The summed E-state index contributed by atoms with van der Waals surface area (Å²) in [4.78, 5) is 22.0. The highest BCUT2D eigenvalue weighted by Gasteiger charge is 2.34. The van der Waals surface area contributed by atoms with E-state index in [2.05, 4.69) is 10.5 Å². The molecule has 4 nitrogen and oxygen atoms in total. The first-order valence-corrected chi connectivity index (χ1v) is 5.47. The number of hydrogen-bond donors (Lipinski definition) is 1. The SMILES string of the molecule is CSC1C(=O)Nc2c(F)ccc(N=O)c21. The Morgan fingerprint density at radius 2 is 2.27 bits per heavy atom. The Labute approximate surface area is 89.2 Å². The normalized spacial score (nSPS) is 18.5. The minimum Gasteiger partial charge on any atom is -0.322 e. The number of carbonyl (C=O) groups is 1. The van der Waals surface area contributed by atoms with Gasteiger partial charge < -0.3 is 5.32 Å².